The summed E-state index contributed by atoms with van der Waals surface area (Å²) in [5.41, 5.74) is -6.10. The SMILES string of the molecule is C=C1C2C(OC(CC(=O)OCC)C2(C)C2CC(=O)OCC2(C)O)C(OC(=O)C(O)C(C)C)C2(C)C(c3ccoc3)CC(=O)C12O. The first-order chi connectivity index (χ1) is 21.0. The van der Waals surface area contributed by atoms with Crippen molar-refractivity contribution in [3.05, 3.63) is 36.3 Å². The molecule has 12 nitrogen and oxygen atoms in total. The number of carbonyl (C=O) groups excluding carboxylic acids is 4. The largest absolute Gasteiger partial charge is 0.472 e. The van der Waals surface area contributed by atoms with Gasteiger partial charge in [-0.15, -0.1) is 0 Å². The van der Waals surface area contributed by atoms with Crippen molar-refractivity contribution in [3.8, 4) is 0 Å². The zero-order chi connectivity index (χ0) is 33.3. The number of ketones is 1. The van der Waals surface area contributed by atoms with Gasteiger partial charge in [-0.05, 0) is 37.0 Å². The molecular formula is C33H44O12. The highest BCUT2D eigenvalue weighted by atomic mass is 16.6. The number of hydrogen-bond donors (Lipinski definition) is 3. The third kappa shape index (κ3) is 4.78. The topological polar surface area (TPSA) is 179 Å². The average Bonchev–Trinajstić information content (AvgIpc) is 3.65. The van der Waals surface area contributed by atoms with E-state index in [0.717, 1.165) is 0 Å². The Labute approximate surface area is 262 Å². The van der Waals surface area contributed by atoms with Gasteiger partial charge in [-0.3, -0.25) is 14.4 Å². The van der Waals surface area contributed by atoms with E-state index in [1.54, 1.807) is 40.7 Å². The Balaban J connectivity index is 1.73. The summed E-state index contributed by atoms with van der Waals surface area (Å²) in [4.78, 5) is 53.2. The Morgan fingerprint density at radius 1 is 1.16 bits per heavy atom. The normalized spacial score (nSPS) is 41.8. The molecule has 4 aliphatic rings. The van der Waals surface area contributed by atoms with E-state index in [4.69, 9.17) is 23.4 Å². The molecule has 0 spiro atoms. The Kier molecular flexibility index (Phi) is 8.38. The van der Waals surface area contributed by atoms with Gasteiger partial charge in [0.2, 0.25) is 0 Å². The smallest absolute Gasteiger partial charge is 0.335 e. The molecular weight excluding hydrogens is 588 g/mol. The molecule has 3 heterocycles. The third-order valence-electron chi connectivity index (χ3n) is 11.2. The molecule has 11 atom stereocenters. The average molecular weight is 633 g/mol. The van der Waals surface area contributed by atoms with Crippen LogP contribution < -0.4 is 0 Å². The first-order valence-electron chi connectivity index (χ1n) is 15.5. The van der Waals surface area contributed by atoms with Gasteiger partial charge in [-0.1, -0.05) is 34.3 Å². The summed E-state index contributed by atoms with van der Waals surface area (Å²) in [7, 11) is 0. The molecule has 1 aromatic heterocycles. The van der Waals surface area contributed by atoms with Gasteiger partial charge in [0.25, 0.3) is 0 Å². The van der Waals surface area contributed by atoms with Crippen LogP contribution in [-0.2, 0) is 38.1 Å². The minimum atomic E-state index is -2.27. The quantitative estimate of drug-likeness (QED) is 0.217. The van der Waals surface area contributed by atoms with E-state index in [9.17, 15) is 34.5 Å². The second-order valence-electron chi connectivity index (χ2n) is 14.0. The van der Waals surface area contributed by atoms with Crippen molar-refractivity contribution in [2.45, 2.75) is 102 Å². The number of rotatable bonds is 8. The number of aliphatic hydroxyl groups is 3. The molecule has 0 bridgehead atoms. The number of Topliss-reactive ketones (excluding diaryl/α,β-unsaturated/α-hetero) is 1. The molecule has 5 rings (SSSR count). The van der Waals surface area contributed by atoms with Crippen LogP contribution in [0.15, 0.2) is 35.2 Å². The van der Waals surface area contributed by atoms with Gasteiger partial charge in [-0.25, -0.2) is 4.79 Å². The predicted molar refractivity (Wildman–Crippen MR) is 155 cm³/mol. The Morgan fingerprint density at radius 2 is 1.84 bits per heavy atom. The molecule has 45 heavy (non-hydrogen) atoms. The highest BCUT2D eigenvalue weighted by molar-refractivity contribution is 5.96. The Hall–Kier alpha value is -3.06. The van der Waals surface area contributed by atoms with E-state index in [1.165, 1.54) is 19.5 Å². The summed E-state index contributed by atoms with van der Waals surface area (Å²) >= 11 is 0. The van der Waals surface area contributed by atoms with E-state index in [0.29, 0.717) is 5.56 Å². The number of esters is 3. The van der Waals surface area contributed by atoms with Crippen LogP contribution in [0.1, 0.15) is 72.3 Å². The van der Waals surface area contributed by atoms with Crippen molar-refractivity contribution in [1.82, 2.24) is 0 Å². The van der Waals surface area contributed by atoms with Crippen molar-refractivity contribution in [1.29, 1.82) is 0 Å². The summed E-state index contributed by atoms with van der Waals surface area (Å²) in [6.45, 7) is 13.9. The summed E-state index contributed by atoms with van der Waals surface area (Å²) in [5.74, 6) is -5.83. The van der Waals surface area contributed by atoms with Crippen molar-refractivity contribution in [3.63, 3.8) is 0 Å². The first-order valence-corrected chi connectivity index (χ1v) is 15.5. The van der Waals surface area contributed by atoms with Gasteiger partial charge in [0, 0.05) is 29.6 Å². The van der Waals surface area contributed by atoms with E-state index in [2.05, 4.69) is 6.58 Å². The second kappa shape index (κ2) is 11.3. The van der Waals surface area contributed by atoms with Crippen LogP contribution in [0.3, 0.4) is 0 Å². The maximum atomic E-state index is 14.1. The number of cyclic esters (lactones) is 1. The molecule has 11 unspecified atom stereocenters. The summed E-state index contributed by atoms with van der Waals surface area (Å²) in [6, 6.07) is 1.67. The zero-order valence-corrected chi connectivity index (χ0v) is 26.6. The van der Waals surface area contributed by atoms with Crippen LogP contribution in [0.25, 0.3) is 0 Å². The van der Waals surface area contributed by atoms with Crippen molar-refractivity contribution >= 4 is 23.7 Å². The van der Waals surface area contributed by atoms with Crippen LogP contribution in [-0.4, -0.2) is 87.8 Å². The number of carbonyl (C=O) groups is 4. The van der Waals surface area contributed by atoms with E-state index in [-0.39, 0.29) is 38.0 Å². The minimum Gasteiger partial charge on any atom is -0.472 e. The molecule has 2 aliphatic carbocycles. The van der Waals surface area contributed by atoms with Crippen molar-refractivity contribution in [2.24, 2.45) is 28.6 Å². The highest BCUT2D eigenvalue weighted by Gasteiger charge is 2.79. The lowest BCUT2D eigenvalue weighted by molar-refractivity contribution is -0.212. The number of aliphatic hydroxyl groups excluding tert-OH is 1. The molecule has 2 saturated carbocycles. The molecule has 248 valence electrons. The molecule has 4 fully saturated rings. The molecule has 2 aliphatic heterocycles. The van der Waals surface area contributed by atoms with E-state index in [1.807, 2.05) is 0 Å². The van der Waals surface area contributed by atoms with Crippen LogP contribution >= 0.6 is 0 Å². The molecule has 0 amide bonds. The monoisotopic (exact) mass is 632 g/mol. The summed E-state index contributed by atoms with van der Waals surface area (Å²) < 4.78 is 28.6. The Bertz CT molecular complexity index is 1370. The summed E-state index contributed by atoms with van der Waals surface area (Å²) in [5, 5.41) is 35.0. The molecule has 12 heteroatoms. The van der Waals surface area contributed by atoms with Crippen molar-refractivity contribution in [2.75, 3.05) is 13.2 Å². The van der Waals surface area contributed by atoms with Crippen LogP contribution in [0.4, 0.5) is 0 Å². The lowest BCUT2D eigenvalue weighted by Crippen LogP contribution is -2.68. The zero-order valence-electron chi connectivity index (χ0n) is 26.6. The molecule has 1 aromatic rings. The maximum absolute atomic E-state index is 14.1. The Morgan fingerprint density at radius 3 is 2.44 bits per heavy atom. The number of ether oxygens (including phenoxy) is 4. The van der Waals surface area contributed by atoms with Crippen LogP contribution in [0, 0.1) is 28.6 Å². The number of fused-ring (bicyclic) bond motifs is 2. The van der Waals surface area contributed by atoms with Gasteiger partial charge in [0.1, 0.15) is 18.8 Å². The molecule has 0 aromatic carbocycles. The standard InChI is InChI=1S/C33H44O12/c1-8-42-24(36)13-22-31(6,20-12-23(35)43-15-30(20,5)39)25-17(4)33(40)21(34)11-19(18-9-10-41-14-18)32(33,7)28(27(25)44-22)45-29(38)26(37)16(2)3/h9-10,14,16,19-20,22,25-28,37,39-40H,4,8,11-13,15H2,1-3,5-7H3. The van der Waals surface area contributed by atoms with Gasteiger partial charge in [-0.2, -0.15) is 0 Å². The van der Waals surface area contributed by atoms with Crippen LogP contribution in [0.2, 0.25) is 0 Å². The van der Waals surface area contributed by atoms with Gasteiger partial charge in [0.05, 0.1) is 49.1 Å². The van der Waals surface area contributed by atoms with Gasteiger partial charge in [0.15, 0.2) is 17.5 Å². The third-order valence-corrected chi connectivity index (χ3v) is 11.2. The number of furan rings is 1. The second-order valence-corrected chi connectivity index (χ2v) is 14.0. The van der Waals surface area contributed by atoms with E-state index >= 15 is 0 Å². The first kappa shape index (κ1) is 33.3. The number of hydrogen-bond acceptors (Lipinski definition) is 12. The predicted octanol–water partition coefficient (Wildman–Crippen LogP) is 2.23. The minimum absolute atomic E-state index is 0.0753. The molecule has 2 saturated heterocycles. The fourth-order valence-electron chi connectivity index (χ4n) is 8.72. The molecule has 3 N–H and O–H groups in total. The lowest BCUT2D eigenvalue weighted by atomic mass is 9.48. The maximum Gasteiger partial charge on any atom is 0.335 e. The van der Waals surface area contributed by atoms with Gasteiger partial charge >= 0.3 is 17.9 Å². The van der Waals surface area contributed by atoms with Crippen LogP contribution in [0.5, 0.6) is 0 Å². The fourth-order valence-corrected chi connectivity index (χ4v) is 8.72. The van der Waals surface area contributed by atoms with Crippen molar-refractivity contribution < 1.29 is 57.9 Å². The van der Waals surface area contributed by atoms with E-state index < -0.39 is 93.8 Å². The summed E-state index contributed by atoms with van der Waals surface area (Å²) in [6.07, 6.45) is -2.80. The van der Waals surface area contributed by atoms with Gasteiger partial charge < -0.3 is 38.7 Å². The lowest BCUT2D eigenvalue weighted by Gasteiger charge is -2.58. The highest BCUT2D eigenvalue weighted by Crippen LogP contribution is 2.70. The molecule has 0 radical (unpaired) electrons. The fraction of sp³-hybridized carbons (Fsp3) is 0.697.